The molecule has 0 aliphatic carbocycles. The van der Waals surface area contributed by atoms with Crippen LogP contribution in [0.1, 0.15) is 24.4 Å². The first-order valence-corrected chi connectivity index (χ1v) is 10.6. The number of benzene rings is 1. The van der Waals surface area contributed by atoms with Crippen molar-refractivity contribution in [1.82, 2.24) is 19.0 Å². The molecule has 10 heteroatoms. The summed E-state index contributed by atoms with van der Waals surface area (Å²) in [5, 5.41) is 4.39. The van der Waals surface area contributed by atoms with E-state index < -0.39 is 16.1 Å². The molecule has 8 nitrogen and oxygen atoms in total. The van der Waals surface area contributed by atoms with Gasteiger partial charge in [0.25, 0.3) is 0 Å². The van der Waals surface area contributed by atoms with Crippen LogP contribution in [0.2, 0.25) is 0 Å². The molecule has 1 amide bonds. The van der Waals surface area contributed by atoms with E-state index in [2.05, 4.69) is 5.10 Å². The van der Waals surface area contributed by atoms with Gasteiger partial charge in [-0.3, -0.25) is 9.48 Å². The molecule has 0 saturated carbocycles. The summed E-state index contributed by atoms with van der Waals surface area (Å²) in [5.74, 6) is 0.556. The molecule has 1 saturated heterocycles. The van der Waals surface area contributed by atoms with E-state index in [9.17, 15) is 13.2 Å². The number of hydrogen-bond donors (Lipinski definition) is 0. The van der Waals surface area contributed by atoms with Crippen molar-refractivity contribution in [2.24, 2.45) is 0 Å². The first-order valence-electron chi connectivity index (χ1n) is 9.20. The smallest absolute Gasteiger partial charge is 0.247 e. The maximum Gasteiger partial charge on any atom is 0.247 e. The van der Waals surface area contributed by atoms with Gasteiger partial charge in [0.15, 0.2) is 0 Å². The zero-order chi connectivity index (χ0) is 20.5. The van der Waals surface area contributed by atoms with Crippen LogP contribution in [0.25, 0.3) is 0 Å². The van der Waals surface area contributed by atoms with E-state index in [1.165, 1.54) is 23.5 Å². The number of piperazine rings is 1. The van der Waals surface area contributed by atoms with Gasteiger partial charge >= 0.3 is 0 Å². The topological polar surface area (TPSA) is 84.7 Å². The molecule has 1 unspecified atom stereocenters. The molecule has 0 N–H and O–H groups in total. The summed E-state index contributed by atoms with van der Waals surface area (Å²) < 4.78 is 33.9. The number of rotatable bonds is 5. The Balaban J connectivity index is 0.00000300. The van der Waals surface area contributed by atoms with Crippen molar-refractivity contribution in [3.63, 3.8) is 0 Å². The molecule has 1 aromatic heterocycles. The maximum absolute atomic E-state index is 12.8. The summed E-state index contributed by atoms with van der Waals surface area (Å²) in [6.45, 7) is 6.89. The molecule has 160 valence electrons. The first kappa shape index (κ1) is 23.2. The zero-order valence-corrected chi connectivity index (χ0v) is 18.7. The fraction of sp³-hybridized carbons (Fsp3) is 0.474. The van der Waals surface area contributed by atoms with Crippen LogP contribution < -0.4 is 4.74 Å². The van der Waals surface area contributed by atoms with Crippen LogP contribution in [0, 0.1) is 13.8 Å². The van der Waals surface area contributed by atoms with Crippen LogP contribution in [-0.2, 0) is 14.8 Å². The van der Waals surface area contributed by atoms with Gasteiger partial charge in [-0.1, -0.05) is 0 Å². The Morgan fingerprint density at radius 2 is 1.69 bits per heavy atom. The minimum atomic E-state index is -3.59. The second-order valence-corrected chi connectivity index (χ2v) is 8.89. The molecule has 3 rings (SSSR count). The van der Waals surface area contributed by atoms with Crippen molar-refractivity contribution < 1.29 is 17.9 Å². The highest BCUT2D eigenvalue weighted by molar-refractivity contribution is 7.89. The number of ether oxygens (including phenoxy) is 1. The second-order valence-electron chi connectivity index (χ2n) is 6.95. The largest absolute Gasteiger partial charge is 0.497 e. The van der Waals surface area contributed by atoms with E-state index in [4.69, 9.17) is 4.74 Å². The van der Waals surface area contributed by atoms with Gasteiger partial charge in [0.05, 0.1) is 17.7 Å². The van der Waals surface area contributed by atoms with E-state index in [1.54, 1.807) is 21.7 Å². The Labute approximate surface area is 177 Å². The van der Waals surface area contributed by atoms with E-state index in [-0.39, 0.29) is 36.3 Å². The summed E-state index contributed by atoms with van der Waals surface area (Å²) >= 11 is 0. The number of hydrogen-bond acceptors (Lipinski definition) is 5. The molecule has 29 heavy (non-hydrogen) atoms. The molecule has 1 atom stereocenters. The Bertz CT molecular complexity index is 951. The van der Waals surface area contributed by atoms with Crippen LogP contribution in [0.15, 0.2) is 35.2 Å². The van der Waals surface area contributed by atoms with Gasteiger partial charge in [0, 0.05) is 31.9 Å². The minimum absolute atomic E-state index is 0. The fourth-order valence-electron chi connectivity index (χ4n) is 3.45. The van der Waals surface area contributed by atoms with Crippen LogP contribution in [0.5, 0.6) is 5.75 Å². The fourth-order valence-corrected chi connectivity index (χ4v) is 4.87. The lowest BCUT2D eigenvalue weighted by Crippen LogP contribution is -2.51. The maximum atomic E-state index is 12.8. The summed E-state index contributed by atoms with van der Waals surface area (Å²) in [6.07, 6.45) is 0. The normalized spacial score (nSPS) is 16.2. The second kappa shape index (κ2) is 9.15. The molecular formula is C19H27ClN4O4S. The molecule has 1 aliphatic rings. The number of methoxy groups -OCH3 is 1. The first-order chi connectivity index (χ1) is 13.2. The van der Waals surface area contributed by atoms with E-state index >= 15 is 0 Å². The monoisotopic (exact) mass is 442 g/mol. The number of aromatic nitrogens is 2. The Kier molecular flexibility index (Phi) is 7.31. The van der Waals surface area contributed by atoms with Crippen molar-refractivity contribution in [3.05, 3.63) is 41.7 Å². The number of sulfonamides is 1. The van der Waals surface area contributed by atoms with Crippen molar-refractivity contribution in [1.29, 1.82) is 0 Å². The van der Waals surface area contributed by atoms with Crippen LogP contribution >= 0.6 is 12.4 Å². The van der Waals surface area contributed by atoms with Gasteiger partial charge < -0.3 is 9.64 Å². The van der Waals surface area contributed by atoms with Gasteiger partial charge in [-0.25, -0.2) is 8.42 Å². The zero-order valence-electron chi connectivity index (χ0n) is 17.0. The molecule has 1 aromatic carbocycles. The van der Waals surface area contributed by atoms with Crippen molar-refractivity contribution in [3.8, 4) is 5.75 Å². The average Bonchev–Trinajstić information content (AvgIpc) is 3.05. The number of carbonyl (C=O) groups excluding carboxylic acids is 1. The standard InChI is InChI=1S/C19H26N4O4S.ClH/c1-14-13-15(2)23(20-14)16(3)19(24)21-9-11-22(12-10-21)28(25,26)18-7-5-17(27-4)6-8-18;/h5-8,13,16H,9-12H2,1-4H3;1H. The van der Waals surface area contributed by atoms with Gasteiger partial charge in [0.2, 0.25) is 15.9 Å². The summed E-state index contributed by atoms with van der Waals surface area (Å²) in [4.78, 5) is 14.8. The highest BCUT2D eigenvalue weighted by Crippen LogP contribution is 2.22. The van der Waals surface area contributed by atoms with Crippen LogP contribution in [-0.4, -0.2) is 66.6 Å². The highest BCUT2D eigenvalue weighted by atomic mass is 35.5. The van der Waals surface area contributed by atoms with E-state index in [0.29, 0.717) is 18.8 Å². The molecule has 0 spiro atoms. The lowest BCUT2D eigenvalue weighted by molar-refractivity contribution is -0.135. The summed E-state index contributed by atoms with van der Waals surface area (Å²) in [6, 6.07) is 7.85. The molecule has 0 radical (unpaired) electrons. The summed E-state index contributed by atoms with van der Waals surface area (Å²) in [7, 11) is -2.06. The summed E-state index contributed by atoms with van der Waals surface area (Å²) in [5.41, 5.74) is 1.80. The quantitative estimate of drug-likeness (QED) is 0.707. The van der Waals surface area contributed by atoms with Gasteiger partial charge in [0.1, 0.15) is 11.8 Å². The van der Waals surface area contributed by atoms with Crippen molar-refractivity contribution in [2.75, 3.05) is 33.3 Å². The van der Waals surface area contributed by atoms with Crippen molar-refractivity contribution in [2.45, 2.75) is 31.7 Å². The molecule has 1 aliphatic heterocycles. The number of nitrogens with zero attached hydrogens (tertiary/aromatic N) is 4. The number of aryl methyl sites for hydroxylation is 2. The third kappa shape index (κ3) is 4.73. The lowest BCUT2D eigenvalue weighted by Gasteiger charge is -2.35. The number of amides is 1. The SMILES string of the molecule is COc1ccc(S(=O)(=O)N2CCN(C(=O)C(C)n3nc(C)cc3C)CC2)cc1.Cl. The van der Waals surface area contributed by atoms with Gasteiger partial charge in [-0.2, -0.15) is 9.40 Å². The Hall–Kier alpha value is -2.10. The van der Waals surface area contributed by atoms with Crippen molar-refractivity contribution >= 4 is 28.3 Å². The average molecular weight is 443 g/mol. The molecule has 1 fully saturated rings. The molecule has 0 bridgehead atoms. The van der Waals surface area contributed by atoms with Gasteiger partial charge in [-0.15, -0.1) is 12.4 Å². The molecule has 2 heterocycles. The highest BCUT2D eigenvalue weighted by Gasteiger charge is 2.32. The number of halogens is 1. The van der Waals surface area contributed by atoms with E-state index in [1.807, 2.05) is 26.8 Å². The van der Waals surface area contributed by atoms with Crippen LogP contribution in [0.3, 0.4) is 0 Å². The van der Waals surface area contributed by atoms with Crippen LogP contribution in [0.4, 0.5) is 0 Å². The third-order valence-electron chi connectivity index (χ3n) is 5.02. The van der Waals surface area contributed by atoms with Gasteiger partial charge in [-0.05, 0) is 51.1 Å². The molecular weight excluding hydrogens is 416 g/mol. The van der Waals surface area contributed by atoms with E-state index in [0.717, 1.165) is 11.4 Å². The number of carbonyl (C=O) groups is 1. The molecule has 2 aromatic rings. The minimum Gasteiger partial charge on any atom is -0.497 e. The third-order valence-corrected chi connectivity index (χ3v) is 6.93. The predicted octanol–water partition coefficient (Wildman–Crippen LogP) is 2.02. The lowest BCUT2D eigenvalue weighted by atomic mass is 10.2. The predicted molar refractivity (Wildman–Crippen MR) is 112 cm³/mol. The Morgan fingerprint density at radius 3 is 2.17 bits per heavy atom. The Morgan fingerprint density at radius 1 is 1.10 bits per heavy atom.